The zero-order chi connectivity index (χ0) is 18.6. The van der Waals surface area contributed by atoms with Crippen molar-refractivity contribution >= 4 is 26.1 Å². The molecular formula is C19H30O4Si. The number of hydrogen-bond donors (Lipinski definition) is 0. The second kappa shape index (κ2) is 11.8. The first-order valence-electron chi connectivity index (χ1n) is 8.49. The van der Waals surface area contributed by atoms with E-state index in [4.69, 9.17) is 11.2 Å². The number of carbonyl (C=O) groups is 3. The molecule has 0 aromatic heterocycles. The van der Waals surface area contributed by atoms with Gasteiger partial charge in [-0.3, -0.25) is 4.79 Å². The molecule has 0 spiro atoms. The highest BCUT2D eigenvalue weighted by molar-refractivity contribution is 6.76. The standard InChI is InChI=1S/C19H30O4Si/c1-6-7-8-9-10-17(18(21)15-16(2)11-12-20)19(22)23-13-14-24(3,4)5/h1,10,12,16H,7-9,11,13-15H2,2-5H3/b17-10+/t16-/m0/s1. The third-order valence-corrected chi connectivity index (χ3v) is 5.22. The van der Waals surface area contributed by atoms with E-state index in [1.807, 2.05) is 6.92 Å². The molecule has 0 unspecified atom stereocenters. The predicted octanol–water partition coefficient (Wildman–Crippen LogP) is 3.78. The van der Waals surface area contributed by atoms with Crippen molar-refractivity contribution in [2.24, 2.45) is 5.92 Å². The summed E-state index contributed by atoms with van der Waals surface area (Å²) in [4.78, 5) is 35.2. The van der Waals surface area contributed by atoms with E-state index in [1.165, 1.54) is 0 Å². The van der Waals surface area contributed by atoms with Gasteiger partial charge in [0.2, 0.25) is 0 Å². The first-order valence-corrected chi connectivity index (χ1v) is 12.2. The number of ketones is 1. The Kier molecular flexibility index (Phi) is 11.0. The van der Waals surface area contributed by atoms with Crippen molar-refractivity contribution in [3.05, 3.63) is 11.6 Å². The molecule has 0 N–H and O–H groups in total. The number of rotatable bonds is 12. The summed E-state index contributed by atoms with van der Waals surface area (Å²) >= 11 is 0. The van der Waals surface area contributed by atoms with Gasteiger partial charge in [0.15, 0.2) is 5.78 Å². The van der Waals surface area contributed by atoms with Gasteiger partial charge in [0.25, 0.3) is 0 Å². The Morgan fingerprint density at radius 3 is 2.50 bits per heavy atom. The van der Waals surface area contributed by atoms with E-state index in [1.54, 1.807) is 6.08 Å². The molecule has 1 atom stereocenters. The fraction of sp³-hybridized carbons (Fsp3) is 0.632. The largest absolute Gasteiger partial charge is 0.462 e. The Morgan fingerprint density at radius 1 is 1.29 bits per heavy atom. The Morgan fingerprint density at radius 2 is 1.96 bits per heavy atom. The van der Waals surface area contributed by atoms with Gasteiger partial charge >= 0.3 is 5.97 Å². The molecule has 5 heteroatoms. The maximum Gasteiger partial charge on any atom is 0.341 e. The fourth-order valence-corrected chi connectivity index (χ4v) is 2.68. The Labute approximate surface area is 147 Å². The number of ether oxygens (including phenoxy) is 1. The minimum Gasteiger partial charge on any atom is -0.462 e. The average Bonchev–Trinajstić information content (AvgIpc) is 2.45. The van der Waals surface area contributed by atoms with Crippen molar-refractivity contribution in [2.45, 2.75) is 64.7 Å². The lowest BCUT2D eigenvalue weighted by atomic mass is 9.96. The van der Waals surface area contributed by atoms with Gasteiger partial charge in [0.1, 0.15) is 6.29 Å². The first kappa shape index (κ1) is 22.3. The number of carbonyl (C=O) groups excluding carboxylic acids is 3. The van der Waals surface area contributed by atoms with Gasteiger partial charge < -0.3 is 9.53 Å². The van der Waals surface area contributed by atoms with Crippen molar-refractivity contribution in [2.75, 3.05) is 6.61 Å². The zero-order valence-corrected chi connectivity index (χ0v) is 16.4. The van der Waals surface area contributed by atoms with Crippen LogP contribution in [0.15, 0.2) is 11.6 Å². The SMILES string of the molecule is C#CCCC/C=C(\C(=O)C[C@@H](C)CC=O)C(=O)OCC[Si](C)(C)C. The molecule has 0 saturated carbocycles. The maximum atomic E-state index is 12.4. The summed E-state index contributed by atoms with van der Waals surface area (Å²) in [6.45, 7) is 8.75. The zero-order valence-electron chi connectivity index (χ0n) is 15.4. The van der Waals surface area contributed by atoms with Crippen molar-refractivity contribution in [3.63, 3.8) is 0 Å². The van der Waals surface area contributed by atoms with Crippen LogP contribution in [0.4, 0.5) is 0 Å². The first-order chi connectivity index (χ1) is 11.2. The Hall–Kier alpha value is -1.67. The summed E-state index contributed by atoms with van der Waals surface area (Å²) < 4.78 is 5.30. The summed E-state index contributed by atoms with van der Waals surface area (Å²) in [7, 11) is -1.30. The monoisotopic (exact) mass is 350 g/mol. The summed E-state index contributed by atoms with van der Waals surface area (Å²) in [5.41, 5.74) is 0.0975. The van der Waals surface area contributed by atoms with Crippen molar-refractivity contribution in [3.8, 4) is 12.3 Å². The van der Waals surface area contributed by atoms with Gasteiger partial charge in [-0.1, -0.05) is 32.6 Å². The number of aldehydes is 1. The fourth-order valence-electron chi connectivity index (χ4n) is 1.96. The third kappa shape index (κ3) is 11.0. The number of hydrogen-bond acceptors (Lipinski definition) is 4. The van der Waals surface area contributed by atoms with Gasteiger partial charge in [-0.05, 0) is 24.8 Å². The van der Waals surface area contributed by atoms with E-state index in [9.17, 15) is 14.4 Å². The molecule has 134 valence electrons. The molecule has 0 fully saturated rings. The van der Waals surface area contributed by atoms with Crippen LogP contribution < -0.4 is 0 Å². The lowest BCUT2D eigenvalue weighted by Crippen LogP contribution is -2.24. The molecule has 0 heterocycles. The van der Waals surface area contributed by atoms with Crippen LogP contribution in [0, 0.1) is 18.3 Å². The number of esters is 1. The molecule has 0 saturated heterocycles. The smallest absolute Gasteiger partial charge is 0.341 e. The van der Waals surface area contributed by atoms with E-state index in [0.717, 1.165) is 18.8 Å². The molecule has 0 aromatic carbocycles. The molecule has 0 rings (SSSR count). The van der Waals surface area contributed by atoms with Gasteiger partial charge in [-0.15, -0.1) is 12.3 Å². The van der Waals surface area contributed by atoms with Crippen LogP contribution in [0.1, 0.15) is 39.0 Å². The molecule has 24 heavy (non-hydrogen) atoms. The molecule has 0 aliphatic carbocycles. The molecule has 0 aromatic rings. The average molecular weight is 351 g/mol. The quantitative estimate of drug-likeness (QED) is 0.0785. The summed E-state index contributed by atoms with van der Waals surface area (Å²) in [5, 5.41) is 0. The summed E-state index contributed by atoms with van der Waals surface area (Å²) in [6.07, 6.45) is 10.00. The lowest BCUT2D eigenvalue weighted by molar-refractivity contribution is -0.140. The molecular weight excluding hydrogens is 320 g/mol. The highest BCUT2D eigenvalue weighted by Gasteiger charge is 2.22. The van der Waals surface area contributed by atoms with Gasteiger partial charge in [0.05, 0.1) is 12.2 Å². The van der Waals surface area contributed by atoms with Crippen molar-refractivity contribution in [1.29, 1.82) is 0 Å². The van der Waals surface area contributed by atoms with Gasteiger partial charge in [-0.2, -0.15) is 0 Å². The van der Waals surface area contributed by atoms with Crippen LogP contribution in [-0.4, -0.2) is 32.7 Å². The second-order valence-electron chi connectivity index (χ2n) is 7.30. The van der Waals surface area contributed by atoms with Gasteiger partial charge in [0, 0.05) is 27.3 Å². The Balaban J connectivity index is 4.84. The molecule has 0 amide bonds. The normalized spacial score (nSPS) is 13.0. The Bertz CT molecular complexity index is 494. The summed E-state index contributed by atoms with van der Waals surface area (Å²) in [5.74, 6) is 1.63. The van der Waals surface area contributed by atoms with E-state index >= 15 is 0 Å². The minimum atomic E-state index is -1.30. The molecule has 0 bridgehead atoms. The van der Waals surface area contributed by atoms with Crippen LogP contribution in [0.3, 0.4) is 0 Å². The summed E-state index contributed by atoms with van der Waals surface area (Å²) in [6, 6.07) is 0.860. The minimum absolute atomic E-state index is 0.0844. The van der Waals surface area contributed by atoms with Gasteiger partial charge in [-0.25, -0.2) is 4.79 Å². The van der Waals surface area contributed by atoms with Crippen LogP contribution in [0.2, 0.25) is 25.7 Å². The molecule has 0 radical (unpaired) electrons. The molecule has 0 aliphatic heterocycles. The number of allylic oxidation sites excluding steroid dienone is 1. The number of terminal acetylenes is 1. The van der Waals surface area contributed by atoms with Crippen molar-refractivity contribution < 1.29 is 19.1 Å². The molecule has 4 nitrogen and oxygen atoms in total. The van der Waals surface area contributed by atoms with Crippen LogP contribution in [0.25, 0.3) is 0 Å². The third-order valence-electron chi connectivity index (χ3n) is 3.51. The number of Topliss-reactive ketones (excluding diaryl/α,β-unsaturated/α-hetero) is 1. The maximum absolute atomic E-state index is 12.4. The second-order valence-corrected chi connectivity index (χ2v) is 12.9. The van der Waals surface area contributed by atoms with Crippen LogP contribution in [0.5, 0.6) is 0 Å². The predicted molar refractivity (Wildman–Crippen MR) is 99.3 cm³/mol. The highest BCUT2D eigenvalue weighted by atomic mass is 28.3. The highest BCUT2D eigenvalue weighted by Crippen LogP contribution is 2.15. The van der Waals surface area contributed by atoms with Crippen LogP contribution >= 0.6 is 0 Å². The van der Waals surface area contributed by atoms with E-state index < -0.39 is 14.0 Å². The lowest BCUT2D eigenvalue weighted by Gasteiger charge is -2.16. The van der Waals surface area contributed by atoms with E-state index in [0.29, 0.717) is 25.9 Å². The topological polar surface area (TPSA) is 60.4 Å². The van der Waals surface area contributed by atoms with Crippen molar-refractivity contribution in [1.82, 2.24) is 0 Å². The van der Waals surface area contributed by atoms with Crippen LogP contribution in [-0.2, 0) is 19.1 Å². The van der Waals surface area contributed by atoms with E-state index in [2.05, 4.69) is 25.6 Å². The molecule has 0 aliphatic rings. The number of unbranched alkanes of at least 4 members (excludes halogenated alkanes) is 2. The van der Waals surface area contributed by atoms with E-state index in [-0.39, 0.29) is 23.7 Å².